The van der Waals surface area contributed by atoms with Crippen LogP contribution in [0.15, 0.2) is 78.9 Å². The molecule has 286 valence electrons. The molecule has 0 saturated carbocycles. The molecule has 0 spiro atoms. The Bertz CT molecular complexity index is 1970. The summed E-state index contributed by atoms with van der Waals surface area (Å²) in [4.78, 5) is 18.4. The van der Waals surface area contributed by atoms with E-state index in [0.717, 1.165) is 27.9 Å². The summed E-state index contributed by atoms with van der Waals surface area (Å²) in [6.07, 6.45) is 0.998. The molecular weight excluding hydrogens is 690 g/mol. The molecule has 2 N–H and O–H groups in total. The minimum atomic E-state index is 0.0538. The first-order valence-corrected chi connectivity index (χ1v) is 17.6. The van der Waals surface area contributed by atoms with Crippen molar-refractivity contribution in [3.8, 4) is 68.4 Å². The van der Waals surface area contributed by atoms with Gasteiger partial charge in [-0.1, -0.05) is 24.3 Å². The van der Waals surface area contributed by atoms with Crippen LogP contribution >= 0.6 is 0 Å². The van der Waals surface area contributed by atoms with Crippen LogP contribution in [0, 0.1) is 0 Å². The van der Waals surface area contributed by atoms with Gasteiger partial charge in [0, 0.05) is 54.4 Å². The van der Waals surface area contributed by atoms with Crippen LogP contribution in [0.2, 0.25) is 0 Å². The molecular formula is C42H49N3O9. The predicted molar refractivity (Wildman–Crippen MR) is 208 cm³/mol. The van der Waals surface area contributed by atoms with Gasteiger partial charge in [0.25, 0.3) is 0 Å². The molecule has 1 heterocycles. The second kappa shape index (κ2) is 19.5. The fourth-order valence-corrected chi connectivity index (χ4v) is 6.09. The average molecular weight is 740 g/mol. The summed E-state index contributed by atoms with van der Waals surface area (Å²) in [5.41, 5.74) is 11.0. The fraction of sp³-hybridized carbons (Fsp3) is 0.333. The fourth-order valence-electron chi connectivity index (χ4n) is 6.09. The third-order valence-electron chi connectivity index (χ3n) is 8.83. The van der Waals surface area contributed by atoms with Gasteiger partial charge in [-0.25, -0.2) is 4.98 Å². The maximum absolute atomic E-state index is 13.1. The molecule has 12 heteroatoms. The van der Waals surface area contributed by atoms with E-state index in [1.807, 2.05) is 78.9 Å². The lowest BCUT2D eigenvalue weighted by atomic mass is 10.0. The predicted octanol–water partition coefficient (Wildman–Crippen LogP) is 6.94. The Kier molecular flexibility index (Phi) is 14.3. The molecule has 0 aliphatic rings. The Morgan fingerprint density at radius 3 is 1.76 bits per heavy atom. The van der Waals surface area contributed by atoms with Gasteiger partial charge in [-0.15, -0.1) is 0 Å². The van der Waals surface area contributed by atoms with Crippen LogP contribution in [0.5, 0.6) is 34.5 Å². The Morgan fingerprint density at radius 2 is 1.19 bits per heavy atom. The molecule has 0 aliphatic carbocycles. The van der Waals surface area contributed by atoms with Crippen molar-refractivity contribution in [2.75, 3.05) is 75.6 Å². The number of ether oxygens (including phenoxy) is 8. The lowest BCUT2D eigenvalue weighted by Crippen LogP contribution is -2.12. The highest BCUT2D eigenvalue weighted by Crippen LogP contribution is 2.43. The Balaban J connectivity index is 1.59. The number of benzene rings is 4. The number of nitrogens with two attached hydrogens (primary N) is 1. The molecule has 12 nitrogen and oxygen atoms in total. The van der Waals surface area contributed by atoms with Crippen molar-refractivity contribution in [2.24, 2.45) is 5.73 Å². The number of aromatic nitrogens is 2. The number of carbonyl (C=O) groups excluding carboxylic acids is 1. The van der Waals surface area contributed by atoms with E-state index in [9.17, 15) is 4.79 Å². The van der Waals surface area contributed by atoms with E-state index < -0.39 is 0 Å². The van der Waals surface area contributed by atoms with E-state index in [2.05, 4.69) is 4.57 Å². The molecule has 1 aromatic heterocycles. The molecule has 0 unspecified atom stereocenters. The first kappa shape index (κ1) is 39.6. The molecule has 4 aromatic carbocycles. The number of carbonyl (C=O) groups is 1. The first-order chi connectivity index (χ1) is 26.4. The molecule has 0 saturated heterocycles. The maximum Gasteiger partial charge on any atom is 0.162 e. The topological polar surface area (TPSA) is 135 Å². The number of nitrogens with zero attached hydrogens (tertiary/aromatic N) is 2. The number of rotatable bonds is 21. The standard InChI is InChI=1S/C42H49N3O9/c1-47-33-22-32(23-34(26-33)48-2)42-44-40(30-13-15-36(49-3)38(24-30)51-5)41(31-14-16-37(50-4)39(25-31)52-6)45(42)27-28-9-11-29(12-10-28)35(46)8-7-18-53-20-21-54-19-17-43/h9-16,22-26H,7-8,17-21,27,43H2,1-6H3. The van der Waals surface area contributed by atoms with E-state index >= 15 is 0 Å². The molecule has 0 atom stereocenters. The SMILES string of the molecule is COc1cc(OC)cc(-c2nc(-c3ccc(OC)c(OC)c3)c(-c3ccc(OC)c(OC)c3)n2Cc2ccc(C(=O)CCCOCCOCCN)cc2)c1. The van der Waals surface area contributed by atoms with E-state index in [1.54, 1.807) is 42.7 Å². The molecule has 0 fully saturated rings. The summed E-state index contributed by atoms with van der Waals surface area (Å²) >= 11 is 0. The molecule has 0 bridgehead atoms. The lowest BCUT2D eigenvalue weighted by Gasteiger charge is -2.16. The summed E-state index contributed by atoms with van der Waals surface area (Å²) in [5.74, 6) is 4.28. The van der Waals surface area contributed by atoms with Gasteiger partial charge < -0.3 is 48.2 Å². The van der Waals surface area contributed by atoms with E-state index in [1.165, 1.54) is 0 Å². The zero-order chi connectivity index (χ0) is 38.5. The van der Waals surface area contributed by atoms with Gasteiger partial charge in [0.15, 0.2) is 28.8 Å². The van der Waals surface area contributed by atoms with Gasteiger partial charge in [-0.2, -0.15) is 0 Å². The van der Waals surface area contributed by atoms with Gasteiger partial charge in [0.05, 0.1) is 73.9 Å². The van der Waals surface area contributed by atoms with Crippen LogP contribution in [0.1, 0.15) is 28.8 Å². The second-order valence-corrected chi connectivity index (χ2v) is 12.2. The summed E-state index contributed by atoms with van der Waals surface area (Å²) in [6.45, 7) is 2.84. The number of ketones is 1. The van der Waals surface area contributed by atoms with Gasteiger partial charge in [0.1, 0.15) is 17.3 Å². The Labute approximate surface area is 316 Å². The number of Topliss-reactive ketones (excluding diaryl/α,β-unsaturated/α-hetero) is 1. The monoisotopic (exact) mass is 739 g/mol. The highest BCUT2D eigenvalue weighted by atomic mass is 16.5. The molecule has 5 aromatic rings. The van der Waals surface area contributed by atoms with Gasteiger partial charge in [-0.05, 0) is 60.5 Å². The van der Waals surface area contributed by atoms with Crippen molar-refractivity contribution in [3.63, 3.8) is 0 Å². The summed E-state index contributed by atoms with van der Waals surface area (Å²) < 4.78 is 47.0. The molecule has 0 aliphatic heterocycles. The van der Waals surface area contributed by atoms with Gasteiger partial charge in [-0.3, -0.25) is 4.79 Å². The summed E-state index contributed by atoms with van der Waals surface area (Å²) in [5, 5.41) is 0. The molecule has 54 heavy (non-hydrogen) atoms. The van der Waals surface area contributed by atoms with Crippen molar-refractivity contribution in [1.82, 2.24) is 9.55 Å². The van der Waals surface area contributed by atoms with Crippen LogP contribution in [-0.4, -0.2) is 91.0 Å². The van der Waals surface area contributed by atoms with Gasteiger partial charge in [0.2, 0.25) is 0 Å². The Hall–Kier alpha value is -5.56. The largest absolute Gasteiger partial charge is 0.497 e. The highest BCUT2D eigenvalue weighted by Gasteiger charge is 2.24. The van der Waals surface area contributed by atoms with Crippen LogP contribution in [0.3, 0.4) is 0 Å². The minimum absolute atomic E-state index is 0.0538. The first-order valence-electron chi connectivity index (χ1n) is 17.6. The number of hydrogen-bond acceptors (Lipinski definition) is 11. The summed E-state index contributed by atoms with van der Waals surface area (Å²) in [6, 6.07) is 24.9. The highest BCUT2D eigenvalue weighted by molar-refractivity contribution is 5.96. The molecule has 0 radical (unpaired) electrons. The number of imidazole rings is 1. The van der Waals surface area contributed by atoms with E-state index in [-0.39, 0.29) is 5.78 Å². The third-order valence-corrected chi connectivity index (χ3v) is 8.83. The van der Waals surface area contributed by atoms with Crippen LogP contribution in [0.4, 0.5) is 0 Å². The van der Waals surface area contributed by atoms with Crippen LogP contribution in [-0.2, 0) is 16.0 Å². The molecule has 5 rings (SSSR count). The van der Waals surface area contributed by atoms with Crippen molar-refractivity contribution in [1.29, 1.82) is 0 Å². The normalized spacial score (nSPS) is 10.9. The van der Waals surface area contributed by atoms with Crippen molar-refractivity contribution >= 4 is 5.78 Å². The number of methoxy groups -OCH3 is 6. The van der Waals surface area contributed by atoms with Gasteiger partial charge >= 0.3 is 0 Å². The zero-order valence-corrected chi connectivity index (χ0v) is 31.8. The Morgan fingerprint density at radius 1 is 0.611 bits per heavy atom. The smallest absolute Gasteiger partial charge is 0.162 e. The van der Waals surface area contributed by atoms with Crippen LogP contribution < -0.4 is 34.2 Å². The summed E-state index contributed by atoms with van der Waals surface area (Å²) in [7, 11) is 9.65. The van der Waals surface area contributed by atoms with E-state index in [4.69, 9.17) is 48.6 Å². The molecule has 0 amide bonds. The van der Waals surface area contributed by atoms with E-state index in [0.29, 0.717) is 104 Å². The lowest BCUT2D eigenvalue weighted by molar-refractivity contribution is 0.0489. The van der Waals surface area contributed by atoms with Crippen molar-refractivity contribution in [2.45, 2.75) is 19.4 Å². The number of hydrogen-bond donors (Lipinski definition) is 1. The third kappa shape index (κ3) is 9.51. The van der Waals surface area contributed by atoms with Crippen LogP contribution in [0.25, 0.3) is 33.9 Å². The maximum atomic E-state index is 13.1. The zero-order valence-electron chi connectivity index (χ0n) is 31.8. The van der Waals surface area contributed by atoms with Crippen molar-refractivity contribution in [3.05, 3.63) is 90.0 Å². The minimum Gasteiger partial charge on any atom is -0.497 e. The quantitative estimate of drug-likeness (QED) is 0.0620. The average Bonchev–Trinajstić information content (AvgIpc) is 3.59. The van der Waals surface area contributed by atoms with Crippen molar-refractivity contribution < 1.29 is 42.7 Å². The second-order valence-electron chi connectivity index (χ2n) is 12.2.